The predicted octanol–water partition coefficient (Wildman–Crippen LogP) is 1.45. The molecule has 1 aliphatic rings. The van der Waals surface area contributed by atoms with Crippen LogP contribution in [0.15, 0.2) is 11.8 Å². The maximum absolute atomic E-state index is 9.63. The first-order valence-corrected chi connectivity index (χ1v) is 3.72. The summed E-state index contributed by atoms with van der Waals surface area (Å²) in [4.78, 5) is 0. The fourth-order valence-corrected chi connectivity index (χ4v) is 0.967. The van der Waals surface area contributed by atoms with E-state index in [0.717, 1.165) is 18.8 Å². The molecule has 0 aliphatic carbocycles. The molecule has 1 N–H and O–H groups in total. The van der Waals surface area contributed by atoms with Crippen molar-refractivity contribution in [1.82, 2.24) is 0 Å². The number of ether oxygens (including phenoxy) is 1. The van der Waals surface area contributed by atoms with Gasteiger partial charge in [-0.2, -0.15) is 0 Å². The fourth-order valence-electron chi connectivity index (χ4n) is 0.967. The molecule has 0 aromatic heterocycles. The summed E-state index contributed by atoms with van der Waals surface area (Å²) >= 11 is 0. The summed E-state index contributed by atoms with van der Waals surface area (Å²) in [6.07, 6.45) is 3.60. The van der Waals surface area contributed by atoms with E-state index in [0.29, 0.717) is 6.42 Å². The number of aliphatic hydroxyl groups is 1. The van der Waals surface area contributed by atoms with Gasteiger partial charge in [-0.1, -0.05) is 6.92 Å². The number of hydrogen-bond acceptors (Lipinski definition) is 2. The molecule has 0 amide bonds. The number of hydrogen-bond donors (Lipinski definition) is 1. The quantitative estimate of drug-likeness (QED) is 0.632. The summed E-state index contributed by atoms with van der Waals surface area (Å²) < 4.78 is 5.22. The highest BCUT2D eigenvalue weighted by Crippen LogP contribution is 2.25. The van der Waals surface area contributed by atoms with Crippen LogP contribution < -0.4 is 0 Å². The van der Waals surface area contributed by atoms with Crippen molar-refractivity contribution in [2.45, 2.75) is 32.3 Å². The highest BCUT2D eigenvalue weighted by Gasteiger charge is 2.26. The topological polar surface area (TPSA) is 29.5 Å². The van der Waals surface area contributed by atoms with E-state index in [-0.39, 0.29) is 0 Å². The van der Waals surface area contributed by atoms with E-state index < -0.39 is 5.60 Å². The molecule has 0 radical (unpaired) electrons. The number of rotatable bonds is 2. The normalized spacial score (nSPS) is 23.3. The summed E-state index contributed by atoms with van der Waals surface area (Å²) in [5.41, 5.74) is -0.740. The monoisotopic (exact) mass is 142 g/mol. The van der Waals surface area contributed by atoms with Crippen molar-refractivity contribution in [2.75, 3.05) is 6.61 Å². The van der Waals surface area contributed by atoms with Gasteiger partial charge in [0.2, 0.25) is 0 Å². The zero-order valence-electron chi connectivity index (χ0n) is 6.55. The second kappa shape index (κ2) is 2.62. The Hall–Kier alpha value is -0.500. The summed E-state index contributed by atoms with van der Waals surface area (Å²) in [7, 11) is 0. The molecular weight excluding hydrogens is 128 g/mol. The second-order valence-electron chi connectivity index (χ2n) is 2.83. The van der Waals surface area contributed by atoms with Gasteiger partial charge >= 0.3 is 0 Å². The highest BCUT2D eigenvalue weighted by atomic mass is 16.5. The van der Waals surface area contributed by atoms with Crippen LogP contribution in [0.2, 0.25) is 0 Å². The minimum atomic E-state index is -0.740. The van der Waals surface area contributed by atoms with E-state index in [1.165, 1.54) is 0 Å². The van der Waals surface area contributed by atoms with E-state index >= 15 is 0 Å². The van der Waals surface area contributed by atoms with E-state index in [9.17, 15) is 5.11 Å². The SMILES string of the molecule is CCC(C)(O)C1=CCCO1. The van der Waals surface area contributed by atoms with Gasteiger partial charge in [0.15, 0.2) is 0 Å². The molecule has 0 aromatic carbocycles. The van der Waals surface area contributed by atoms with Crippen LogP contribution in [0, 0.1) is 0 Å². The molecule has 0 spiro atoms. The van der Waals surface area contributed by atoms with Crippen molar-refractivity contribution in [3.8, 4) is 0 Å². The molecule has 1 atom stereocenters. The molecule has 0 saturated carbocycles. The second-order valence-corrected chi connectivity index (χ2v) is 2.83. The van der Waals surface area contributed by atoms with Gasteiger partial charge < -0.3 is 9.84 Å². The molecule has 1 unspecified atom stereocenters. The average Bonchev–Trinajstić information content (AvgIpc) is 2.38. The Morgan fingerprint density at radius 1 is 1.80 bits per heavy atom. The lowest BCUT2D eigenvalue weighted by Gasteiger charge is -2.21. The molecule has 2 heteroatoms. The van der Waals surface area contributed by atoms with E-state index in [4.69, 9.17) is 4.74 Å². The summed E-state index contributed by atoms with van der Waals surface area (Å²) in [5, 5.41) is 9.63. The lowest BCUT2D eigenvalue weighted by atomic mass is 10.0. The van der Waals surface area contributed by atoms with Crippen molar-refractivity contribution in [2.24, 2.45) is 0 Å². The van der Waals surface area contributed by atoms with Gasteiger partial charge in [0, 0.05) is 6.42 Å². The fraction of sp³-hybridized carbons (Fsp3) is 0.750. The predicted molar refractivity (Wildman–Crippen MR) is 39.6 cm³/mol. The Labute approximate surface area is 61.5 Å². The largest absolute Gasteiger partial charge is 0.495 e. The van der Waals surface area contributed by atoms with Crippen molar-refractivity contribution in [1.29, 1.82) is 0 Å². The first kappa shape index (κ1) is 7.61. The zero-order chi connectivity index (χ0) is 7.61. The van der Waals surface area contributed by atoms with E-state index in [1.807, 2.05) is 13.0 Å². The van der Waals surface area contributed by atoms with Crippen LogP contribution in [-0.2, 0) is 4.74 Å². The molecule has 0 aromatic rings. The lowest BCUT2D eigenvalue weighted by molar-refractivity contribution is 0.0317. The molecule has 1 aliphatic heterocycles. The van der Waals surface area contributed by atoms with Gasteiger partial charge in [0.25, 0.3) is 0 Å². The van der Waals surface area contributed by atoms with Gasteiger partial charge in [-0.25, -0.2) is 0 Å². The van der Waals surface area contributed by atoms with Crippen LogP contribution >= 0.6 is 0 Å². The standard InChI is InChI=1S/C8H14O2/c1-3-8(2,9)7-5-4-6-10-7/h5,9H,3-4,6H2,1-2H3. The molecule has 1 rings (SSSR count). The molecule has 2 nitrogen and oxygen atoms in total. The summed E-state index contributed by atoms with van der Waals surface area (Å²) in [6, 6.07) is 0. The van der Waals surface area contributed by atoms with E-state index in [2.05, 4.69) is 0 Å². The Morgan fingerprint density at radius 2 is 2.50 bits per heavy atom. The van der Waals surface area contributed by atoms with Crippen molar-refractivity contribution < 1.29 is 9.84 Å². The van der Waals surface area contributed by atoms with Crippen LogP contribution in [0.25, 0.3) is 0 Å². The Bertz CT molecular complexity index is 147. The molecule has 0 saturated heterocycles. The maximum atomic E-state index is 9.63. The molecule has 1 heterocycles. The third-order valence-electron chi connectivity index (χ3n) is 1.92. The lowest BCUT2D eigenvalue weighted by Crippen LogP contribution is -2.25. The molecule has 0 bridgehead atoms. The van der Waals surface area contributed by atoms with Gasteiger partial charge in [-0.3, -0.25) is 0 Å². The molecule has 0 fully saturated rings. The van der Waals surface area contributed by atoms with Crippen molar-refractivity contribution >= 4 is 0 Å². The van der Waals surface area contributed by atoms with Crippen LogP contribution in [-0.4, -0.2) is 17.3 Å². The molecule has 58 valence electrons. The van der Waals surface area contributed by atoms with Crippen LogP contribution in [0.5, 0.6) is 0 Å². The summed E-state index contributed by atoms with van der Waals surface area (Å²) in [5.74, 6) is 0.745. The first-order valence-electron chi connectivity index (χ1n) is 3.72. The third kappa shape index (κ3) is 1.32. The minimum absolute atomic E-state index is 0.707. The molecule has 10 heavy (non-hydrogen) atoms. The minimum Gasteiger partial charge on any atom is -0.495 e. The Morgan fingerprint density at radius 3 is 2.90 bits per heavy atom. The van der Waals surface area contributed by atoms with Crippen LogP contribution in [0.1, 0.15) is 26.7 Å². The summed E-state index contributed by atoms with van der Waals surface area (Å²) in [6.45, 7) is 4.46. The maximum Gasteiger partial charge on any atom is 0.123 e. The van der Waals surface area contributed by atoms with Crippen LogP contribution in [0.4, 0.5) is 0 Å². The first-order chi connectivity index (χ1) is 4.67. The highest BCUT2D eigenvalue weighted by molar-refractivity contribution is 5.10. The molecular formula is C8H14O2. The van der Waals surface area contributed by atoms with Gasteiger partial charge in [-0.15, -0.1) is 0 Å². The Balaban J connectivity index is 2.62. The Kier molecular flexibility index (Phi) is 2.00. The van der Waals surface area contributed by atoms with Gasteiger partial charge in [0.05, 0.1) is 6.61 Å². The zero-order valence-corrected chi connectivity index (χ0v) is 6.55. The van der Waals surface area contributed by atoms with Crippen molar-refractivity contribution in [3.63, 3.8) is 0 Å². The smallest absolute Gasteiger partial charge is 0.123 e. The third-order valence-corrected chi connectivity index (χ3v) is 1.92. The van der Waals surface area contributed by atoms with Crippen molar-refractivity contribution in [3.05, 3.63) is 11.8 Å². The average molecular weight is 142 g/mol. The van der Waals surface area contributed by atoms with Gasteiger partial charge in [0.1, 0.15) is 11.4 Å². The van der Waals surface area contributed by atoms with E-state index in [1.54, 1.807) is 6.92 Å². The van der Waals surface area contributed by atoms with Crippen LogP contribution in [0.3, 0.4) is 0 Å². The van der Waals surface area contributed by atoms with Gasteiger partial charge in [-0.05, 0) is 19.4 Å².